The molecular weight excluding hydrogens is 356 g/mol. The van der Waals surface area contributed by atoms with Crippen LogP contribution in [0.25, 0.3) is 5.65 Å². The lowest BCUT2D eigenvalue weighted by molar-refractivity contribution is -0.385. The van der Waals surface area contributed by atoms with Crippen molar-refractivity contribution in [3.8, 4) is 0 Å². The van der Waals surface area contributed by atoms with Crippen LogP contribution >= 0.6 is 0 Å². The van der Waals surface area contributed by atoms with Gasteiger partial charge in [-0.3, -0.25) is 14.9 Å². The number of primary amides is 1. The van der Waals surface area contributed by atoms with Crippen molar-refractivity contribution in [1.29, 1.82) is 0 Å². The molecule has 2 heterocycles. The topological polar surface area (TPSA) is 155 Å². The molecule has 0 aliphatic carbocycles. The number of amides is 1. The molecule has 12 heteroatoms. The molecule has 0 saturated heterocycles. The monoisotopic (exact) mass is 372 g/mol. The summed E-state index contributed by atoms with van der Waals surface area (Å²) in [6, 6.07) is 4.90. The Hall–Kier alpha value is -3.83. The van der Waals surface area contributed by atoms with Gasteiger partial charge in [0.25, 0.3) is 11.6 Å². The quantitative estimate of drug-likeness (QED) is 0.458. The predicted molar refractivity (Wildman–Crippen MR) is 94.7 cm³/mol. The van der Waals surface area contributed by atoms with Crippen molar-refractivity contribution < 1.29 is 9.72 Å². The van der Waals surface area contributed by atoms with Gasteiger partial charge in [0.1, 0.15) is 6.33 Å². The van der Waals surface area contributed by atoms with Crippen LogP contribution in [0.2, 0.25) is 0 Å². The van der Waals surface area contributed by atoms with Gasteiger partial charge < -0.3 is 10.6 Å². The predicted octanol–water partition coefficient (Wildman–Crippen LogP) is -0.262. The summed E-state index contributed by atoms with van der Waals surface area (Å²) in [5, 5.41) is 18.7. The Morgan fingerprint density at radius 3 is 2.81 bits per heavy atom. The van der Waals surface area contributed by atoms with Crippen molar-refractivity contribution in [2.45, 2.75) is 13.5 Å². The van der Waals surface area contributed by atoms with Crippen LogP contribution in [0.1, 0.15) is 16.1 Å². The number of aromatic nitrogens is 5. The van der Waals surface area contributed by atoms with E-state index >= 15 is 0 Å². The molecule has 27 heavy (non-hydrogen) atoms. The van der Waals surface area contributed by atoms with E-state index in [9.17, 15) is 19.7 Å². The van der Waals surface area contributed by atoms with E-state index in [-0.39, 0.29) is 23.6 Å². The number of rotatable bonds is 6. The minimum absolute atomic E-state index is 0.00809. The number of benzene rings is 1. The molecule has 3 rings (SSSR count). The van der Waals surface area contributed by atoms with E-state index < -0.39 is 16.5 Å². The van der Waals surface area contributed by atoms with E-state index in [2.05, 4.69) is 15.3 Å². The van der Waals surface area contributed by atoms with Crippen molar-refractivity contribution in [3.63, 3.8) is 0 Å². The number of likely N-dealkylation sites (N-methyl/N-ethyl adjacent to an activating group) is 1. The summed E-state index contributed by atoms with van der Waals surface area (Å²) in [6.45, 7) is 2.18. The molecule has 140 valence electrons. The number of anilines is 1. The van der Waals surface area contributed by atoms with Crippen LogP contribution < -0.4 is 16.3 Å². The molecule has 0 aliphatic rings. The zero-order valence-electron chi connectivity index (χ0n) is 14.6. The summed E-state index contributed by atoms with van der Waals surface area (Å²) < 4.78 is 2.20. The molecule has 1 amide bonds. The normalized spacial score (nSPS) is 10.9. The molecule has 0 aliphatic heterocycles. The number of imidazole rings is 1. The highest BCUT2D eigenvalue weighted by atomic mass is 16.6. The fourth-order valence-electron chi connectivity index (χ4n) is 2.56. The van der Waals surface area contributed by atoms with E-state index in [1.54, 1.807) is 31.0 Å². The van der Waals surface area contributed by atoms with Gasteiger partial charge in [-0.05, 0) is 13.0 Å². The Morgan fingerprint density at radius 2 is 2.15 bits per heavy atom. The van der Waals surface area contributed by atoms with Crippen molar-refractivity contribution in [3.05, 3.63) is 56.4 Å². The number of carbonyl (C=O) groups excluding carboxylic acids is 1. The Labute approximate surface area is 152 Å². The fraction of sp³-hybridized carbons (Fsp3) is 0.267. The van der Waals surface area contributed by atoms with Gasteiger partial charge in [-0.2, -0.15) is 4.68 Å². The number of carbonyl (C=O) groups is 1. The van der Waals surface area contributed by atoms with Gasteiger partial charge in [0.15, 0.2) is 11.3 Å². The Bertz CT molecular complexity index is 1100. The van der Waals surface area contributed by atoms with E-state index in [4.69, 9.17) is 5.73 Å². The zero-order chi connectivity index (χ0) is 19.7. The fourth-order valence-corrected chi connectivity index (χ4v) is 2.56. The van der Waals surface area contributed by atoms with Gasteiger partial charge in [0, 0.05) is 30.9 Å². The third kappa shape index (κ3) is 3.31. The molecule has 0 unspecified atom stereocenters. The number of nitrogens with zero attached hydrogens (tertiary/aromatic N) is 7. The minimum Gasteiger partial charge on any atom is -0.373 e. The van der Waals surface area contributed by atoms with E-state index in [0.717, 1.165) is 15.4 Å². The Balaban J connectivity index is 1.81. The molecule has 12 nitrogen and oxygen atoms in total. The van der Waals surface area contributed by atoms with Crippen LogP contribution in [0.15, 0.2) is 29.3 Å². The average Bonchev–Trinajstić information content (AvgIpc) is 3.06. The highest BCUT2D eigenvalue weighted by molar-refractivity contribution is 5.96. The number of hydrogen-bond acceptors (Lipinski definition) is 8. The lowest BCUT2D eigenvalue weighted by atomic mass is 10.2. The van der Waals surface area contributed by atoms with E-state index in [1.807, 2.05) is 0 Å². The van der Waals surface area contributed by atoms with E-state index in [1.165, 1.54) is 6.07 Å². The SMILES string of the molecule is Cc1ccc(N(C)CCn2nnc3c(C(N)=O)ncn3c2=O)cc1[N+](=O)[O-]. The largest absolute Gasteiger partial charge is 0.373 e. The first kappa shape index (κ1) is 18.0. The number of nitro benzene ring substituents is 1. The maximum Gasteiger partial charge on any atom is 0.353 e. The minimum atomic E-state index is -0.801. The molecule has 2 N–H and O–H groups in total. The van der Waals surface area contributed by atoms with Gasteiger partial charge in [-0.25, -0.2) is 14.2 Å². The van der Waals surface area contributed by atoms with Crippen molar-refractivity contribution in [1.82, 2.24) is 24.4 Å². The van der Waals surface area contributed by atoms with Crippen LogP contribution in [-0.4, -0.2) is 48.8 Å². The summed E-state index contributed by atoms with van der Waals surface area (Å²) in [6.07, 6.45) is 1.16. The standard InChI is InChI=1S/C15H16N8O4/c1-9-3-4-10(7-11(9)23(26)27)20(2)5-6-22-15(25)21-8-17-12(13(16)24)14(21)18-19-22/h3-4,7-8H,5-6H2,1-2H3,(H2,16,24). The maximum atomic E-state index is 12.4. The second-order valence-electron chi connectivity index (χ2n) is 5.90. The van der Waals surface area contributed by atoms with Gasteiger partial charge in [0.05, 0.1) is 11.5 Å². The van der Waals surface area contributed by atoms with Crippen LogP contribution in [0, 0.1) is 17.0 Å². The van der Waals surface area contributed by atoms with Gasteiger partial charge in [-0.1, -0.05) is 11.3 Å². The highest BCUT2D eigenvalue weighted by Gasteiger charge is 2.16. The van der Waals surface area contributed by atoms with Crippen LogP contribution in [-0.2, 0) is 6.54 Å². The first-order chi connectivity index (χ1) is 12.8. The molecule has 3 aromatic rings. The maximum absolute atomic E-state index is 12.4. The summed E-state index contributed by atoms with van der Waals surface area (Å²) in [5.74, 6) is -0.801. The third-order valence-corrected chi connectivity index (χ3v) is 4.13. The number of hydrogen-bond donors (Lipinski definition) is 1. The molecule has 2 aromatic heterocycles. The smallest absolute Gasteiger partial charge is 0.353 e. The Morgan fingerprint density at radius 1 is 1.41 bits per heavy atom. The lowest BCUT2D eigenvalue weighted by Gasteiger charge is -2.19. The average molecular weight is 372 g/mol. The van der Waals surface area contributed by atoms with E-state index in [0.29, 0.717) is 17.8 Å². The molecular formula is C15H16N8O4. The molecule has 0 atom stereocenters. The molecule has 0 radical (unpaired) electrons. The van der Waals surface area contributed by atoms with Crippen molar-refractivity contribution in [2.75, 3.05) is 18.5 Å². The molecule has 0 spiro atoms. The summed E-state index contributed by atoms with van der Waals surface area (Å²) in [7, 11) is 1.74. The number of nitro groups is 1. The number of nitrogens with two attached hydrogens (primary N) is 1. The van der Waals surface area contributed by atoms with Gasteiger partial charge in [-0.15, -0.1) is 5.10 Å². The highest BCUT2D eigenvalue weighted by Crippen LogP contribution is 2.24. The zero-order valence-corrected chi connectivity index (χ0v) is 14.6. The van der Waals surface area contributed by atoms with Crippen LogP contribution in [0.4, 0.5) is 11.4 Å². The molecule has 1 aromatic carbocycles. The number of aryl methyl sites for hydroxylation is 1. The summed E-state index contributed by atoms with van der Waals surface area (Å²) in [5.41, 5.74) is 5.73. The first-order valence-electron chi connectivity index (χ1n) is 7.86. The molecule has 0 fully saturated rings. The van der Waals surface area contributed by atoms with Crippen molar-refractivity contribution >= 4 is 22.9 Å². The number of fused-ring (bicyclic) bond motifs is 1. The second-order valence-corrected chi connectivity index (χ2v) is 5.90. The first-order valence-corrected chi connectivity index (χ1v) is 7.86. The summed E-state index contributed by atoms with van der Waals surface area (Å²) in [4.78, 5) is 39.9. The lowest BCUT2D eigenvalue weighted by Crippen LogP contribution is -2.34. The van der Waals surface area contributed by atoms with Gasteiger partial charge >= 0.3 is 5.69 Å². The van der Waals surface area contributed by atoms with Crippen LogP contribution in [0.3, 0.4) is 0 Å². The van der Waals surface area contributed by atoms with Crippen LogP contribution in [0.5, 0.6) is 0 Å². The summed E-state index contributed by atoms with van der Waals surface area (Å²) >= 11 is 0. The third-order valence-electron chi connectivity index (χ3n) is 4.13. The molecule has 0 saturated carbocycles. The molecule has 0 bridgehead atoms. The second kappa shape index (κ2) is 6.82. The Kier molecular flexibility index (Phi) is 4.54. The van der Waals surface area contributed by atoms with Gasteiger partial charge in [0.2, 0.25) is 0 Å². The van der Waals surface area contributed by atoms with Crippen molar-refractivity contribution in [2.24, 2.45) is 5.73 Å².